The minimum absolute atomic E-state index is 0.0516. The molecule has 1 atom stereocenters. The molecule has 166 valence electrons. The third kappa shape index (κ3) is 4.10. The van der Waals surface area contributed by atoms with Gasteiger partial charge in [-0.15, -0.1) is 5.10 Å². The van der Waals surface area contributed by atoms with Gasteiger partial charge in [0.15, 0.2) is 5.82 Å². The molecule has 0 saturated carbocycles. The van der Waals surface area contributed by atoms with Crippen LogP contribution in [0.1, 0.15) is 50.9 Å². The van der Waals surface area contributed by atoms with Gasteiger partial charge in [-0.1, -0.05) is 56.1 Å². The first-order chi connectivity index (χ1) is 15.5. The number of aromatic nitrogens is 7. The number of aromatic amines is 1. The van der Waals surface area contributed by atoms with Gasteiger partial charge in [0.05, 0.1) is 12.2 Å². The average Bonchev–Trinajstić information content (AvgIpc) is 3.43. The highest BCUT2D eigenvalue weighted by atomic mass is 35.5. The summed E-state index contributed by atoms with van der Waals surface area (Å²) in [6.45, 7) is 6.65. The Labute approximate surface area is 191 Å². The van der Waals surface area contributed by atoms with Crippen LogP contribution in [0.3, 0.4) is 0 Å². The molecule has 0 aliphatic heterocycles. The average molecular weight is 452 g/mol. The van der Waals surface area contributed by atoms with Crippen LogP contribution in [0.4, 0.5) is 0 Å². The van der Waals surface area contributed by atoms with E-state index < -0.39 is 0 Å². The summed E-state index contributed by atoms with van der Waals surface area (Å²) >= 11 is 6.64. The monoisotopic (exact) mass is 451 g/mol. The predicted octanol–water partition coefficient (Wildman–Crippen LogP) is 4.52. The predicted molar refractivity (Wildman–Crippen MR) is 125 cm³/mol. The van der Waals surface area contributed by atoms with Crippen LogP contribution >= 0.6 is 11.6 Å². The van der Waals surface area contributed by atoms with Gasteiger partial charge in [-0.3, -0.25) is 14.1 Å². The molecule has 32 heavy (non-hydrogen) atoms. The van der Waals surface area contributed by atoms with Gasteiger partial charge in [0.1, 0.15) is 5.15 Å². The fourth-order valence-corrected chi connectivity index (χ4v) is 4.29. The number of nitrogens with zero attached hydrogens (tertiary/aromatic N) is 6. The highest BCUT2D eigenvalue weighted by Crippen LogP contribution is 2.29. The molecule has 0 fully saturated rings. The molecule has 3 heterocycles. The summed E-state index contributed by atoms with van der Waals surface area (Å²) < 4.78 is 3.52. The van der Waals surface area contributed by atoms with Crippen LogP contribution in [-0.4, -0.2) is 34.7 Å². The largest absolute Gasteiger partial charge is 0.330 e. The Morgan fingerprint density at radius 1 is 1.12 bits per heavy atom. The van der Waals surface area contributed by atoms with Crippen LogP contribution in [0.25, 0.3) is 22.5 Å². The zero-order valence-corrected chi connectivity index (χ0v) is 19.2. The summed E-state index contributed by atoms with van der Waals surface area (Å²) in [6, 6.07) is 10.0. The van der Waals surface area contributed by atoms with Crippen LogP contribution < -0.4 is 5.69 Å². The SMILES string of the molecule is CCCc1c(Cl)n(C(C)CC)c(=O)n1Cc1ccc(-c2cnccc2-c2nnn[nH]2)cc1. The molecule has 0 saturated heterocycles. The highest BCUT2D eigenvalue weighted by molar-refractivity contribution is 6.30. The van der Waals surface area contributed by atoms with Crippen molar-refractivity contribution in [1.29, 1.82) is 0 Å². The normalized spacial score (nSPS) is 12.2. The highest BCUT2D eigenvalue weighted by Gasteiger charge is 2.21. The standard InChI is InChI=1S/C23H26ClN7O/c1-4-6-20-21(24)31(15(3)5-2)23(32)30(20)14-16-7-9-17(10-8-16)19-13-25-12-11-18(19)22-26-28-29-27-22/h7-13,15H,4-6,14H2,1-3H3,(H,26,27,28,29). The molecule has 0 aliphatic rings. The van der Waals surface area contributed by atoms with E-state index in [0.717, 1.165) is 47.2 Å². The van der Waals surface area contributed by atoms with Crippen molar-refractivity contribution in [3.8, 4) is 22.5 Å². The lowest BCUT2D eigenvalue weighted by Crippen LogP contribution is -2.27. The van der Waals surface area contributed by atoms with E-state index in [4.69, 9.17) is 11.6 Å². The summed E-state index contributed by atoms with van der Waals surface area (Å²) in [5.74, 6) is 0.586. The van der Waals surface area contributed by atoms with Gasteiger partial charge < -0.3 is 0 Å². The molecule has 0 spiro atoms. The van der Waals surface area contributed by atoms with Crippen molar-refractivity contribution in [2.24, 2.45) is 0 Å². The smallest absolute Gasteiger partial charge is 0.290 e. The van der Waals surface area contributed by atoms with Crippen molar-refractivity contribution in [2.75, 3.05) is 0 Å². The second-order valence-corrected chi connectivity index (χ2v) is 8.21. The van der Waals surface area contributed by atoms with Gasteiger partial charge in [0, 0.05) is 29.6 Å². The van der Waals surface area contributed by atoms with E-state index in [0.29, 0.717) is 17.5 Å². The van der Waals surface area contributed by atoms with Gasteiger partial charge >= 0.3 is 5.69 Å². The van der Waals surface area contributed by atoms with Gasteiger partial charge in [-0.25, -0.2) is 9.89 Å². The number of hydrogen-bond donors (Lipinski definition) is 1. The summed E-state index contributed by atoms with van der Waals surface area (Å²) in [4.78, 5) is 17.4. The fraction of sp³-hybridized carbons (Fsp3) is 0.348. The first-order valence-corrected chi connectivity index (χ1v) is 11.2. The van der Waals surface area contributed by atoms with Gasteiger partial charge in [0.25, 0.3) is 0 Å². The summed E-state index contributed by atoms with van der Waals surface area (Å²) in [5, 5.41) is 14.7. The van der Waals surface area contributed by atoms with E-state index in [9.17, 15) is 4.79 Å². The third-order valence-corrected chi connectivity index (χ3v) is 6.16. The first kappa shape index (κ1) is 22.0. The number of benzene rings is 1. The van der Waals surface area contributed by atoms with Gasteiger partial charge in [-0.05, 0) is 47.4 Å². The maximum absolute atomic E-state index is 13.2. The number of tetrazole rings is 1. The lowest BCUT2D eigenvalue weighted by atomic mass is 10.0. The zero-order valence-electron chi connectivity index (χ0n) is 18.4. The van der Waals surface area contributed by atoms with Gasteiger partial charge in [0.2, 0.25) is 0 Å². The molecule has 4 rings (SSSR count). The number of H-pyrrole nitrogens is 1. The molecular formula is C23H26ClN7O. The third-order valence-electron chi connectivity index (χ3n) is 5.76. The van der Waals surface area contributed by atoms with E-state index in [-0.39, 0.29) is 11.7 Å². The molecule has 3 aromatic heterocycles. The maximum atomic E-state index is 13.2. The van der Waals surface area contributed by atoms with E-state index >= 15 is 0 Å². The van der Waals surface area contributed by atoms with Crippen molar-refractivity contribution in [3.63, 3.8) is 0 Å². The topological polar surface area (TPSA) is 94.3 Å². The number of hydrogen-bond acceptors (Lipinski definition) is 5. The summed E-state index contributed by atoms with van der Waals surface area (Å²) in [6.07, 6.45) is 6.03. The second-order valence-electron chi connectivity index (χ2n) is 7.85. The molecule has 0 bridgehead atoms. The van der Waals surface area contributed by atoms with E-state index in [2.05, 4.69) is 39.5 Å². The molecular weight excluding hydrogens is 426 g/mol. The lowest BCUT2D eigenvalue weighted by molar-refractivity contribution is 0.505. The quantitative estimate of drug-likeness (QED) is 0.425. The van der Waals surface area contributed by atoms with Crippen LogP contribution in [0.5, 0.6) is 0 Å². The Balaban J connectivity index is 1.67. The fourth-order valence-electron chi connectivity index (χ4n) is 3.86. The molecule has 1 unspecified atom stereocenters. The molecule has 1 aromatic carbocycles. The van der Waals surface area contributed by atoms with E-state index in [1.54, 1.807) is 17.0 Å². The molecule has 8 nitrogen and oxygen atoms in total. The zero-order chi connectivity index (χ0) is 22.7. The molecule has 0 aliphatic carbocycles. The van der Waals surface area contributed by atoms with E-state index in [1.165, 1.54) is 0 Å². The van der Waals surface area contributed by atoms with Crippen LogP contribution in [0.15, 0.2) is 47.5 Å². The Bertz CT molecular complexity index is 1240. The number of pyridine rings is 1. The van der Waals surface area contributed by atoms with Crippen molar-refractivity contribution >= 4 is 11.6 Å². The van der Waals surface area contributed by atoms with Crippen molar-refractivity contribution in [2.45, 2.75) is 52.6 Å². The minimum Gasteiger partial charge on any atom is -0.290 e. The minimum atomic E-state index is -0.0516. The molecule has 0 amide bonds. The Kier molecular flexibility index (Phi) is 6.50. The number of imidazole rings is 1. The van der Waals surface area contributed by atoms with Crippen LogP contribution in [0, 0.1) is 0 Å². The molecule has 0 radical (unpaired) electrons. The molecule has 9 heteroatoms. The number of halogens is 1. The van der Waals surface area contributed by atoms with E-state index in [1.807, 2.05) is 41.8 Å². The maximum Gasteiger partial charge on any atom is 0.330 e. The Morgan fingerprint density at radius 2 is 1.91 bits per heavy atom. The van der Waals surface area contributed by atoms with Crippen molar-refractivity contribution in [3.05, 3.63) is 69.6 Å². The number of rotatable bonds is 8. The Hall–Kier alpha value is -3.26. The molecule has 1 N–H and O–H groups in total. The molecule has 4 aromatic rings. The Morgan fingerprint density at radius 3 is 2.56 bits per heavy atom. The second kappa shape index (κ2) is 9.48. The van der Waals surface area contributed by atoms with Gasteiger partial charge in [-0.2, -0.15) is 0 Å². The van der Waals surface area contributed by atoms with Crippen LogP contribution in [-0.2, 0) is 13.0 Å². The summed E-state index contributed by atoms with van der Waals surface area (Å²) in [7, 11) is 0. The van der Waals surface area contributed by atoms with Crippen LogP contribution in [0.2, 0.25) is 5.15 Å². The summed E-state index contributed by atoms with van der Waals surface area (Å²) in [5.41, 5.74) is 4.66. The first-order valence-electron chi connectivity index (χ1n) is 10.8. The number of nitrogens with one attached hydrogen (secondary N) is 1. The lowest BCUT2D eigenvalue weighted by Gasteiger charge is -2.10. The van der Waals surface area contributed by atoms with Crippen molar-refractivity contribution in [1.82, 2.24) is 34.7 Å². The van der Waals surface area contributed by atoms with Crippen molar-refractivity contribution < 1.29 is 0 Å².